The standard InChI is InChI=1S/C19H15ClN2O3S/c1-11-13(20)6-4-8-15(11)22-17(23)12-5-2-3-7-14(12)21-19(22)26-16-9-10-25-18(16)24/h2-8,16H,9-10H2,1H3. The van der Waals surface area contributed by atoms with E-state index in [0.717, 1.165) is 5.56 Å². The Hall–Kier alpha value is -2.31. The van der Waals surface area contributed by atoms with Gasteiger partial charge in [0.2, 0.25) is 0 Å². The molecule has 1 aromatic heterocycles. The highest BCUT2D eigenvalue weighted by Gasteiger charge is 2.30. The number of carbonyl (C=O) groups is 1. The van der Waals surface area contributed by atoms with Gasteiger partial charge in [-0.05, 0) is 36.8 Å². The number of aromatic nitrogens is 2. The lowest BCUT2D eigenvalue weighted by Crippen LogP contribution is -2.24. The summed E-state index contributed by atoms with van der Waals surface area (Å²) in [5, 5.41) is 1.18. The van der Waals surface area contributed by atoms with Crippen LogP contribution in [0.3, 0.4) is 0 Å². The van der Waals surface area contributed by atoms with Gasteiger partial charge in [0.25, 0.3) is 5.56 Å². The molecule has 1 aliphatic heterocycles. The van der Waals surface area contributed by atoms with E-state index in [4.69, 9.17) is 16.3 Å². The van der Waals surface area contributed by atoms with Crippen LogP contribution < -0.4 is 5.56 Å². The smallest absolute Gasteiger partial charge is 0.319 e. The first kappa shape index (κ1) is 17.1. The molecule has 1 atom stereocenters. The Morgan fingerprint density at radius 2 is 2.00 bits per heavy atom. The van der Waals surface area contributed by atoms with Gasteiger partial charge in [-0.25, -0.2) is 4.98 Å². The number of hydrogen-bond acceptors (Lipinski definition) is 5. The SMILES string of the molecule is Cc1c(Cl)cccc1-n1c(SC2CCOC2=O)nc2ccccc2c1=O. The van der Waals surface area contributed by atoms with Crippen LogP contribution in [0.25, 0.3) is 16.6 Å². The molecule has 2 aromatic carbocycles. The fourth-order valence-corrected chi connectivity index (χ4v) is 4.19. The predicted molar refractivity (Wildman–Crippen MR) is 102 cm³/mol. The molecule has 7 heteroatoms. The fourth-order valence-electron chi connectivity index (χ4n) is 2.95. The number of carbonyl (C=O) groups excluding carboxylic acids is 1. The third-order valence-electron chi connectivity index (χ3n) is 4.36. The summed E-state index contributed by atoms with van der Waals surface area (Å²) < 4.78 is 6.59. The van der Waals surface area contributed by atoms with E-state index in [-0.39, 0.29) is 16.8 Å². The number of para-hydroxylation sites is 1. The molecular formula is C19H15ClN2O3S. The van der Waals surface area contributed by atoms with Crippen molar-refractivity contribution in [1.82, 2.24) is 9.55 Å². The minimum atomic E-state index is -0.367. The zero-order chi connectivity index (χ0) is 18.3. The van der Waals surface area contributed by atoms with Crippen molar-refractivity contribution in [2.45, 2.75) is 23.8 Å². The summed E-state index contributed by atoms with van der Waals surface area (Å²) in [6.07, 6.45) is 0.598. The van der Waals surface area contributed by atoms with Crippen LogP contribution in [0.1, 0.15) is 12.0 Å². The van der Waals surface area contributed by atoms with E-state index in [1.807, 2.05) is 25.1 Å². The van der Waals surface area contributed by atoms with Crippen molar-refractivity contribution in [3.8, 4) is 5.69 Å². The highest BCUT2D eigenvalue weighted by molar-refractivity contribution is 8.00. The van der Waals surface area contributed by atoms with Crippen LogP contribution in [0.15, 0.2) is 52.4 Å². The minimum absolute atomic E-state index is 0.185. The van der Waals surface area contributed by atoms with Crippen molar-refractivity contribution >= 4 is 40.2 Å². The average Bonchev–Trinajstić information content (AvgIpc) is 3.03. The van der Waals surface area contributed by atoms with Gasteiger partial charge < -0.3 is 4.74 Å². The van der Waals surface area contributed by atoms with Crippen LogP contribution in [-0.4, -0.2) is 27.4 Å². The van der Waals surface area contributed by atoms with E-state index in [2.05, 4.69) is 4.98 Å². The number of nitrogens with zero attached hydrogens (tertiary/aromatic N) is 2. The Morgan fingerprint density at radius 1 is 1.19 bits per heavy atom. The van der Waals surface area contributed by atoms with E-state index in [0.29, 0.717) is 39.8 Å². The number of ether oxygens (including phenoxy) is 1. The quantitative estimate of drug-likeness (QED) is 0.506. The molecule has 1 saturated heterocycles. The molecule has 0 aliphatic carbocycles. The zero-order valence-electron chi connectivity index (χ0n) is 13.9. The summed E-state index contributed by atoms with van der Waals surface area (Å²) in [5.41, 5.74) is 1.86. The molecule has 2 heterocycles. The molecular weight excluding hydrogens is 372 g/mol. The molecule has 4 rings (SSSR count). The number of rotatable bonds is 3. The maximum atomic E-state index is 13.2. The van der Waals surface area contributed by atoms with E-state index in [9.17, 15) is 9.59 Å². The lowest BCUT2D eigenvalue weighted by molar-refractivity contribution is -0.137. The molecule has 0 saturated carbocycles. The summed E-state index contributed by atoms with van der Waals surface area (Å²) in [6.45, 7) is 2.25. The van der Waals surface area contributed by atoms with Gasteiger partial charge in [-0.1, -0.05) is 41.6 Å². The van der Waals surface area contributed by atoms with Crippen molar-refractivity contribution in [1.29, 1.82) is 0 Å². The molecule has 3 aromatic rings. The van der Waals surface area contributed by atoms with Gasteiger partial charge in [0.05, 0.1) is 23.2 Å². The Morgan fingerprint density at radius 3 is 2.77 bits per heavy atom. The van der Waals surface area contributed by atoms with Crippen molar-refractivity contribution in [3.63, 3.8) is 0 Å². The van der Waals surface area contributed by atoms with Gasteiger partial charge in [-0.3, -0.25) is 14.2 Å². The van der Waals surface area contributed by atoms with Crippen molar-refractivity contribution < 1.29 is 9.53 Å². The second-order valence-corrected chi connectivity index (χ2v) is 7.58. The van der Waals surface area contributed by atoms with Crippen molar-refractivity contribution in [2.24, 2.45) is 0 Å². The number of halogens is 1. The van der Waals surface area contributed by atoms with Crippen LogP contribution in [0.2, 0.25) is 5.02 Å². The minimum Gasteiger partial charge on any atom is -0.465 e. The van der Waals surface area contributed by atoms with Gasteiger partial charge in [-0.15, -0.1) is 0 Å². The first-order valence-corrected chi connectivity index (χ1v) is 9.42. The number of benzene rings is 2. The molecule has 0 spiro atoms. The van der Waals surface area contributed by atoms with Gasteiger partial charge in [0.1, 0.15) is 5.25 Å². The summed E-state index contributed by atoms with van der Waals surface area (Å²) >= 11 is 7.52. The largest absolute Gasteiger partial charge is 0.465 e. The summed E-state index contributed by atoms with van der Waals surface area (Å²) in [5.74, 6) is -0.272. The molecule has 132 valence electrons. The van der Waals surface area contributed by atoms with Crippen LogP contribution in [0, 0.1) is 6.92 Å². The first-order chi connectivity index (χ1) is 12.6. The lowest BCUT2D eigenvalue weighted by Gasteiger charge is -2.16. The topological polar surface area (TPSA) is 61.2 Å². The predicted octanol–water partition coefficient (Wildman–Crippen LogP) is 3.76. The Balaban J connectivity index is 1.98. The molecule has 26 heavy (non-hydrogen) atoms. The highest BCUT2D eigenvalue weighted by atomic mass is 35.5. The molecule has 0 radical (unpaired) electrons. The first-order valence-electron chi connectivity index (χ1n) is 8.17. The molecule has 5 nitrogen and oxygen atoms in total. The second kappa shape index (κ2) is 6.78. The number of hydrogen-bond donors (Lipinski definition) is 0. The summed E-state index contributed by atoms with van der Waals surface area (Å²) in [6, 6.07) is 12.6. The van der Waals surface area contributed by atoms with Crippen LogP contribution >= 0.6 is 23.4 Å². The van der Waals surface area contributed by atoms with Gasteiger partial charge >= 0.3 is 5.97 Å². The van der Waals surface area contributed by atoms with E-state index < -0.39 is 0 Å². The highest BCUT2D eigenvalue weighted by Crippen LogP contribution is 2.31. The molecule has 1 aliphatic rings. The number of thioether (sulfide) groups is 1. The second-order valence-electron chi connectivity index (χ2n) is 6.00. The van der Waals surface area contributed by atoms with E-state index in [1.54, 1.807) is 28.8 Å². The zero-order valence-corrected chi connectivity index (χ0v) is 15.5. The number of cyclic esters (lactones) is 1. The van der Waals surface area contributed by atoms with Crippen LogP contribution in [-0.2, 0) is 9.53 Å². The fraction of sp³-hybridized carbons (Fsp3) is 0.211. The number of esters is 1. The van der Waals surface area contributed by atoms with Gasteiger partial charge in [0, 0.05) is 11.4 Å². The summed E-state index contributed by atoms with van der Waals surface area (Å²) in [7, 11) is 0. The molecule has 0 N–H and O–H groups in total. The molecule has 1 unspecified atom stereocenters. The summed E-state index contributed by atoms with van der Waals surface area (Å²) in [4.78, 5) is 29.8. The Labute approximate surface area is 159 Å². The molecule has 0 amide bonds. The molecule has 1 fully saturated rings. The van der Waals surface area contributed by atoms with E-state index >= 15 is 0 Å². The number of fused-ring (bicyclic) bond motifs is 1. The van der Waals surface area contributed by atoms with Gasteiger partial charge in [0.15, 0.2) is 5.16 Å². The Kier molecular flexibility index (Phi) is 4.46. The maximum Gasteiger partial charge on any atom is 0.319 e. The normalized spacial score (nSPS) is 16.8. The van der Waals surface area contributed by atoms with Gasteiger partial charge in [-0.2, -0.15) is 0 Å². The van der Waals surface area contributed by atoms with E-state index in [1.165, 1.54) is 11.8 Å². The van der Waals surface area contributed by atoms with Crippen molar-refractivity contribution in [3.05, 3.63) is 63.4 Å². The monoisotopic (exact) mass is 386 g/mol. The molecule has 0 bridgehead atoms. The lowest BCUT2D eigenvalue weighted by atomic mass is 10.2. The van der Waals surface area contributed by atoms with Crippen LogP contribution in [0.4, 0.5) is 0 Å². The third-order valence-corrected chi connectivity index (χ3v) is 5.97. The third kappa shape index (κ3) is 2.89. The van der Waals surface area contributed by atoms with Crippen LogP contribution in [0.5, 0.6) is 0 Å². The average molecular weight is 387 g/mol. The maximum absolute atomic E-state index is 13.2. The Bertz CT molecular complexity index is 1080. The van der Waals surface area contributed by atoms with Crippen molar-refractivity contribution in [2.75, 3.05) is 6.61 Å².